The van der Waals surface area contributed by atoms with Crippen molar-refractivity contribution in [2.24, 2.45) is 17.8 Å². The van der Waals surface area contributed by atoms with E-state index in [1.807, 2.05) is 35.3 Å². The van der Waals surface area contributed by atoms with Gasteiger partial charge in [-0.3, -0.25) is 14.6 Å². The Morgan fingerprint density at radius 3 is 2.96 bits per heavy atom. The predicted octanol–water partition coefficient (Wildman–Crippen LogP) is 1.87. The molecule has 0 saturated carbocycles. The number of nitrogens with zero attached hydrogens (tertiary/aromatic N) is 3. The van der Waals surface area contributed by atoms with Crippen molar-refractivity contribution in [1.82, 2.24) is 14.8 Å². The second-order valence-electron chi connectivity index (χ2n) is 8.36. The topological polar surface area (TPSA) is 62.7 Å². The van der Waals surface area contributed by atoms with Gasteiger partial charge in [-0.2, -0.15) is 0 Å². The molecule has 4 atom stereocenters. The van der Waals surface area contributed by atoms with Crippen LogP contribution in [-0.4, -0.2) is 58.4 Å². The summed E-state index contributed by atoms with van der Waals surface area (Å²) in [4.78, 5) is 34.2. The molecular weight excluding hydrogens is 342 g/mol. The van der Waals surface area contributed by atoms with Crippen molar-refractivity contribution in [2.75, 3.05) is 20.1 Å². The van der Waals surface area contributed by atoms with E-state index in [9.17, 15) is 9.59 Å². The molecule has 2 bridgehead atoms. The number of hydrogen-bond donors (Lipinski definition) is 0. The Morgan fingerprint density at radius 1 is 1.44 bits per heavy atom. The molecule has 0 aromatic carbocycles. The highest BCUT2D eigenvalue weighted by Crippen LogP contribution is 2.52. The maximum atomic E-state index is 13.2. The van der Waals surface area contributed by atoms with Crippen LogP contribution >= 0.6 is 0 Å². The Balaban J connectivity index is 1.51. The smallest absolute Gasteiger partial charge is 0.230 e. The summed E-state index contributed by atoms with van der Waals surface area (Å²) in [5.41, 5.74) is 0.212. The Hall–Kier alpha value is -2.21. The van der Waals surface area contributed by atoms with Gasteiger partial charge in [-0.15, -0.1) is 0 Å². The highest BCUT2D eigenvalue weighted by Gasteiger charge is 2.66. The van der Waals surface area contributed by atoms with E-state index >= 15 is 0 Å². The Morgan fingerprint density at radius 2 is 2.26 bits per heavy atom. The lowest BCUT2D eigenvalue weighted by molar-refractivity contribution is -0.142. The first kappa shape index (κ1) is 18.2. The molecule has 6 nitrogen and oxygen atoms in total. The zero-order valence-electron chi connectivity index (χ0n) is 16.2. The number of likely N-dealkylation sites (tertiary alicyclic amines) is 1. The van der Waals surface area contributed by atoms with E-state index in [2.05, 4.69) is 18.8 Å². The van der Waals surface area contributed by atoms with Gasteiger partial charge in [0, 0.05) is 19.8 Å². The summed E-state index contributed by atoms with van der Waals surface area (Å²) in [7, 11) is 1.77. The molecule has 0 N–H and O–H groups in total. The fraction of sp³-hybridized carbons (Fsp3) is 0.571. The van der Waals surface area contributed by atoms with Crippen molar-refractivity contribution in [3.63, 3.8) is 0 Å². The maximum absolute atomic E-state index is 13.2. The van der Waals surface area contributed by atoms with Gasteiger partial charge in [0.1, 0.15) is 5.60 Å². The molecule has 2 saturated heterocycles. The molecule has 1 aromatic rings. The minimum Gasteiger partial charge on any atom is -0.360 e. The summed E-state index contributed by atoms with van der Waals surface area (Å²) in [5.74, 6) is -0.294. The molecule has 1 spiro atoms. The van der Waals surface area contributed by atoms with Crippen molar-refractivity contribution in [1.29, 1.82) is 0 Å². The molecule has 144 valence electrons. The molecule has 6 heteroatoms. The first-order valence-electron chi connectivity index (χ1n) is 9.72. The molecule has 4 heterocycles. The van der Waals surface area contributed by atoms with Crippen LogP contribution in [0.2, 0.25) is 0 Å². The number of ether oxygens (including phenoxy) is 1. The van der Waals surface area contributed by atoms with Crippen LogP contribution in [-0.2, 0) is 20.9 Å². The zero-order valence-corrected chi connectivity index (χ0v) is 16.2. The van der Waals surface area contributed by atoms with Gasteiger partial charge in [-0.05, 0) is 24.5 Å². The quantitative estimate of drug-likeness (QED) is 0.718. The van der Waals surface area contributed by atoms with Gasteiger partial charge in [-0.25, -0.2) is 0 Å². The third-order valence-corrected chi connectivity index (χ3v) is 5.94. The maximum Gasteiger partial charge on any atom is 0.230 e. The number of hydrogen-bond acceptors (Lipinski definition) is 4. The molecule has 0 aliphatic carbocycles. The third kappa shape index (κ3) is 3.06. The van der Waals surface area contributed by atoms with E-state index in [0.29, 0.717) is 19.0 Å². The summed E-state index contributed by atoms with van der Waals surface area (Å²) in [6.45, 7) is 6.02. The van der Waals surface area contributed by atoms with Crippen LogP contribution in [0.5, 0.6) is 0 Å². The number of carbonyl (C=O) groups is 2. The summed E-state index contributed by atoms with van der Waals surface area (Å²) in [6, 6.07) is 5.66. The van der Waals surface area contributed by atoms with Crippen molar-refractivity contribution >= 4 is 11.8 Å². The summed E-state index contributed by atoms with van der Waals surface area (Å²) >= 11 is 0. The van der Waals surface area contributed by atoms with Crippen LogP contribution in [0.25, 0.3) is 0 Å². The van der Waals surface area contributed by atoms with Crippen LogP contribution < -0.4 is 0 Å². The monoisotopic (exact) mass is 369 g/mol. The Kier molecular flexibility index (Phi) is 4.54. The molecule has 3 aliphatic heterocycles. The van der Waals surface area contributed by atoms with Gasteiger partial charge in [0.2, 0.25) is 11.8 Å². The van der Waals surface area contributed by atoms with Crippen LogP contribution in [0.3, 0.4) is 0 Å². The molecular formula is C21H27N3O3. The number of amides is 2. The second kappa shape index (κ2) is 6.75. The van der Waals surface area contributed by atoms with Gasteiger partial charge < -0.3 is 14.5 Å². The SMILES string of the molecule is CC(C)CCN1C[C@]23C=C[C@H](O2)C(C(=O)N(C)Cc2ccccn2)C3C1=O. The van der Waals surface area contributed by atoms with Gasteiger partial charge >= 0.3 is 0 Å². The molecule has 3 aliphatic rings. The van der Waals surface area contributed by atoms with E-state index in [0.717, 1.165) is 18.7 Å². The minimum absolute atomic E-state index is 0.0408. The van der Waals surface area contributed by atoms with Crippen LogP contribution in [0.1, 0.15) is 26.0 Å². The van der Waals surface area contributed by atoms with Crippen LogP contribution in [0.4, 0.5) is 0 Å². The van der Waals surface area contributed by atoms with Gasteiger partial charge in [0.15, 0.2) is 0 Å². The second-order valence-corrected chi connectivity index (χ2v) is 8.36. The number of rotatable bonds is 6. The zero-order chi connectivity index (χ0) is 19.2. The molecule has 27 heavy (non-hydrogen) atoms. The molecule has 2 unspecified atom stereocenters. The lowest BCUT2D eigenvalue weighted by atomic mass is 9.76. The normalized spacial score (nSPS) is 31.0. The van der Waals surface area contributed by atoms with Gasteiger partial charge in [-0.1, -0.05) is 32.1 Å². The number of aromatic nitrogens is 1. The molecule has 2 amide bonds. The van der Waals surface area contributed by atoms with E-state index in [1.165, 1.54) is 0 Å². The first-order chi connectivity index (χ1) is 12.9. The van der Waals surface area contributed by atoms with Gasteiger partial charge in [0.25, 0.3) is 0 Å². The average molecular weight is 369 g/mol. The van der Waals surface area contributed by atoms with Crippen molar-refractivity contribution in [2.45, 2.75) is 38.5 Å². The lowest BCUT2D eigenvalue weighted by Crippen LogP contribution is -2.44. The van der Waals surface area contributed by atoms with Gasteiger partial charge in [0.05, 0.1) is 36.7 Å². The number of carbonyl (C=O) groups excluding carboxylic acids is 2. The standard InChI is InChI=1S/C21H27N3O3/c1-14(2)8-11-24-13-21-9-7-16(27-21)17(18(21)20(24)26)19(25)23(3)12-15-6-4-5-10-22-15/h4-7,9-10,14,16-18H,8,11-13H2,1-3H3/t16-,17?,18?,21-/m0/s1. The first-order valence-corrected chi connectivity index (χ1v) is 9.72. The third-order valence-electron chi connectivity index (χ3n) is 5.94. The summed E-state index contributed by atoms with van der Waals surface area (Å²) in [6.07, 6.45) is 6.36. The highest BCUT2D eigenvalue weighted by atomic mass is 16.5. The van der Waals surface area contributed by atoms with Crippen molar-refractivity contribution < 1.29 is 14.3 Å². The highest BCUT2D eigenvalue weighted by molar-refractivity contribution is 5.93. The lowest BCUT2D eigenvalue weighted by Gasteiger charge is -2.27. The van der Waals surface area contributed by atoms with E-state index in [4.69, 9.17) is 4.74 Å². The van der Waals surface area contributed by atoms with E-state index < -0.39 is 17.4 Å². The largest absolute Gasteiger partial charge is 0.360 e. The summed E-state index contributed by atoms with van der Waals surface area (Å²) in [5, 5.41) is 0. The summed E-state index contributed by atoms with van der Waals surface area (Å²) < 4.78 is 6.19. The fourth-order valence-electron chi connectivity index (χ4n) is 4.53. The Labute approximate surface area is 160 Å². The minimum atomic E-state index is -0.620. The van der Waals surface area contributed by atoms with E-state index in [1.54, 1.807) is 18.1 Å². The fourth-order valence-corrected chi connectivity index (χ4v) is 4.53. The molecule has 2 fully saturated rings. The van der Waals surface area contributed by atoms with Crippen molar-refractivity contribution in [3.05, 3.63) is 42.2 Å². The Bertz CT molecular complexity index is 763. The van der Waals surface area contributed by atoms with Crippen LogP contribution in [0, 0.1) is 17.8 Å². The predicted molar refractivity (Wildman–Crippen MR) is 100 cm³/mol. The van der Waals surface area contributed by atoms with Crippen molar-refractivity contribution in [3.8, 4) is 0 Å². The van der Waals surface area contributed by atoms with E-state index in [-0.39, 0.29) is 17.9 Å². The molecule has 0 radical (unpaired) electrons. The number of pyridine rings is 1. The average Bonchev–Trinajstić information content (AvgIpc) is 3.28. The molecule has 1 aromatic heterocycles. The van der Waals surface area contributed by atoms with Crippen LogP contribution in [0.15, 0.2) is 36.5 Å². The molecule has 4 rings (SSSR count). The number of fused-ring (bicyclic) bond motifs is 1.